The zero-order chi connectivity index (χ0) is 19.6. The zero-order valence-electron chi connectivity index (χ0n) is 15.7. The number of aliphatic hydroxyl groups is 2. The van der Waals surface area contributed by atoms with Gasteiger partial charge in [-0.2, -0.15) is 0 Å². The highest BCUT2D eigenvalue weighted by atomic mass is 35.5. The SMILES string of the molecule is O=C(O)c1ccc(CCC[C@@H]2[C@H](C=CCCCCCCO)[C@H](O)C[C@@H]2Cl)s1. The van der Waals surface area contributed by atoms with Crippen molar-refractivity contribution in [3.05, 3.63) is 34.0 Å². The molecule has 0 bridgehead atoms. The van der Waals surface area contributed by atoms with Crippen molar-refractivity contribution in [2.24, 2.45) is 11.8 Å². The summed E-state index contributed by atoms with van der Waals surface area (Å²) < 4.78 is 0. The van der Waals surface area contributed by atoms with Crippen molar-refractivity contribution in [2.75, 3.05) is 6.61 Å². The van der Waals surface area contributed by atoms with Crippen LogP contribution in [0.4, 0.5) is 0 Å². The molecule has 1 aliphatic rings. The minimum atomic E-state index is -0.868. The number of unbranched alkanes of at least 4 members (excludes halogenated alkanes) is 4. The Morgan fingerprint density at radius 3 is 2.70 bits per heavy atom. The lowest BCUT2D eigenvalue weighted by molar-refractivity contribution is 0.0702. The molecule has 0 aromatic carbocycles. The Hall–Kier alpha value is -0.880. The zero-order valence-corrected chi connectivity index (χ0v) is 17.3. The van der Waals surface area contributed by atoms with E-state index in [1.165, 1.54) is 11.3 Å². The second kappa shape index (κ2) is 11.8. The summed E-state index contributed by atoms with van der Waals surface area (Å²) in [4.78, 5) is 12.4. The van der Waals surface area contributed by atoms with Gasteiger partial charge in [0.25, 0.3) is 0 Å². The number of hydrogen-bond donors (Lipinski definition) is 3. The van der Waals surface area contributed by atoms with Gasteiger partial charge in [0.2, 0.25) is 0 Å². The Bertz CT molecular complexity index is 601. The van der Waals surface area contributed by atoms with Crippen molar-refractivity contribution in [3.63, 3.8) is 0 Å². The molecule has 1 saturated carbocycles. The first-order chi connectivity index (χ1) is 13.0. The molecule has 6 heteroatoms. The van der Waals surface area contributed by atoms with Crippen LogP contribution >= 0.6 is 22.9 Å². The van der Waals surface area contributed by atoms with E-state index >= 15 is 0 Å². The molecule has 0 amide bonds. The monoisotopic (exact) mass is 414 g/mol. The van der Waals surface area contributed by atoms with E-state index in [1.807, 2.05) is 6.07 Å². The number of rotatable bonds is 12. The molecule has 1 aliphatic carbocycles. The quantitative estimate of drug-likeness (QED) is 0.259. The fourth-order valence-electron chi connectivity index (χ4n) is 3.85. The van der Waals surface area contributed by atoms with E-state index in [0.717, 1.165) is 56.2 Å². The standard InChI is InChI=1S/C21H31ClO4S/c22-18-14-19(24)17(9-5-3-1-2-4-6-13-23)16(18)10-7-8-15-11-12-20(27-15)21(25)26/h5,9,11-12,16-19,23-24H,1-4,6-8,10,13-14H2,(H,25,26)/t16-,17+,18+,19-/m1/s1. The van der Waals surface area contributed by atoms with E-state index in [0.29, 0.717) is 11.3 Å². The third kappa shape index (κ3) is 7.22. The van der Waals surface area contributed by atoms with Crippen LogP contribution in [0.15, 0.2) is 24.3 Å². The molecule has 2 rings (SSSR count). The van der Waals surface area contributed by atoms with Crippen LogP contribution in [0.1, 0.15) is 65.9 Å². The average Bonchev–Trinajstić information content (AvgIpc) is 3.20. The highest BCUT2D eigenvalue weighted by Crippen LogP contribution is 2.40. The first-order valence-corrected chi connectivity index (χ1v) is 11.2. The lowest BCUT2D eigenvalue weighted by atomic mass is 9.89. The van der Waals surface area contributed by atoms with Crippen molar-refractivity contribution in [3.8, 4) is 0 Å². The number of carboxylic acids is 1. The number of hydrogen-bond acceptors (Lipinski definition) is 4. The molecule has 3 N–H and O–H groups in total. The van der Waals surface area contributed by atoms with E-state index < -0.39 is 5.97 Å². The second-order valence-corrected chi connectivity index (χ2v) is 9.11. The smallest absolute Gasteiger partial charge is 0.345 e. The number of carboxylic acid groups (broad SMARTS) is 1. The molecule has 1 fully saturated rings. The molecule has 4 nitrogen and oxygen atoms in total. The van der Waals surface area contributed by atoms with Crippen molar-refractivity contribution < 1.29 is 20.1 Å². The number of carbonyl (C=O) groups is 1. The molecule has 0 unspecified atom stereocenters. The number of allylic oxidation sites excluding steroid dienone is 1. The van der Waals surface area contributed by atoms with Gasteiger partial charge in [0.05, 0.1) is 6.10 Å². The van der Waals surface area contributed by atoms with Gasteiger partial charge in [-0.25, -0.2) is 4.79 Å². The molecular weight excluding hydrogens is 384 g/mol. The van der Waals surface area contributed by atoms with Gasteiger partial charge in [0.15, 0.2) is 0 Å². The average molecular weight is 415 g/mol. The molecule has 0 spiro atoms. The van der Waals surface area contributed by atoms with Crippen molar-refractivity contribution in [1.29, 1.82) is 0 Å². The van der Waals surface area contributed by atoms with Crippen LogP contribution in [0.3, 0.4) is 0 Å². The summed E-state index contributed by atoms with van der Waals surface area (Å²) in [7, 11) is 0. The fourth-order valence-corrected chi connectivity index (χ4v) is 5.22. The van der Waals surface area contributed by atoms with Gasteiger partial charge in [-0.05, 0) is 63.0 Å². The number of thiophene rings is 1. The highest BCUT2D eigenvalue weighted by molar-refractivity contribution is 7.13. The summed E-state index contributed by atoms with van der Waals surface area (Å²) in [5.41, 5.74) is 0. The predicted octanol–water partition coefficient (Wildman–Crippen LogP) is 4.87. The van der Waals surface area contributed by atoms with E-state index in [2.05, 4.69) is 12.2 Å². The first kappa shape index (κ1) is 22.4. The predicted molar refractivity (Wildman–Crippen MR) is 111 cm³/mol. The third-order valence-electron chi connectivity index (χ3n) is 5.34. The van der Waals surface area contributed by atoms with Gasteiger partial charge in [0, 0.05) is 22.8 Å². The molecule has 152 valence electrons. The van der Waals surface area contributed by atoms with Crippen LogP contribution in [-0.2, 0) is 6.42 Å². The topological polar surface area (TPSA) is 77.8 Å². The number of alkyl halides is 1. The van der Waals surface area contributed by atoms with Gasteiger partial charge in [-0.15, -0.1) is 22.9 Å². The van der Waals surface area contributed by atoms with Gasteiger partial charge in [-0.1, -0.05) is 25.0 Å². The van der Waals surface area contributed by atoms with E-state index in [-0.39, 0.29) is 29.9 Å². The minimum Gasteiger partial charge on any atom is -0.477 e. The maximum Gasteiger partial charge on any atom is 0.345 e. The lowest BCUT2D eigenvalue weighted by Gasteiger charge is -2.20. The number of aliphatic hydroxyl groups excluding tert-OH is 2. The molecule has 1 aromatic rings. The normalized spacial score (nSPS) is 25.4. The second-order valence-electron chi connectivity index (χ2n) is 7.38. The maximum atomic E-state index is 11.0. The Kier molecular flexibility index (Phi) is 9.83. The maximum absolute atomic E-state index is 11.0. The largest absolute Gasteiger partial charge is 0.477 e. The van der Waals surface area contributed by atoms with Gasteiger partial charge in [0.1, 0.15) is 4.88 Å². The van der Waals surface area contributed by atoms with Crippen LogP contribution in [0.2, 0.25) is 0 Å². The van der Waals surface area contributed by atoms with Crippen LogP contribution in [0, 0.1) is 11.8 Å². The van der Waals surface area contributed by atoms with E-state index in [9.17, 15) is 9.90 Å². The molecule has 1 heterocycles. The van der Waals surface area contributed by atoms with Crippen LogP contribution < -0.4 is 0 Å². The van der Waals surface area contributed by atoms with Gasteiger partial charge < -0.3 is 15.3 Å². The van der Waals surface area contributed by atoms with Crippen molar-refractivity contribution >= 4 is 28.9 Å². The first-order valence-electron chi connectivity index (χ1n) is 9.94. The number of aryl methyl sites for hydroxylation is 1. The minimum absolute atomic E-state index is 0.00267. The highest BCUT2D eigenvalue weighted by Gasteiger charge is 2.39. The Morgan fingerprint density at radius 1 is 1.22 bits per heavy atom. The molecule has 0 saturated heterocycles. The molecule has 0 radical (unpaired) electrons. The summed E-state index contributed by atoms with van der Waals surface area (Å²) in [6.45, 7) is 0.270. The Balaban J connectivity index is 1.77. The Labute approximate surface area is 170 Å². The molecule has 1 aromatic heterocycles. The lowest BCUT2D eigenvalue weighted by Crippen LogP contribution is -2.18. The summed E-state index contributed by atoms with van der Waals surface area (Å²) >= 11 is 7.84. The van der Waals surface area contributed by atoms with E-state index in [4.69, 9.17) is 21.8 Å². The molecule has 27 heavy (non-hydrogen) atoms. The molecule has 0 aliphatic heterocycles. The summed E-state index contributed by atoms with van der Waals surface area (Å²) in [6, 6.07) is 3.56. The van der Waals surface area contributed by atoms with Crippen LogP contribution in [0.5, 0.6) is 0 Å². The number of aromatic carboxylic acids is 1. The van der Waals surface area contributed by atoms with E-state index in [1.54, 1.807) is 6.07 Å². The van der Waals surface area contributed by atoms with Crippen molar-refractivity contribution in [2.45, 2.75) is 69.3 Å². The Morgan fingerprint density at radius 2 is 2.00 bits per heavy atom. The molecular formula is C21H31ClO4S. The third-order valence-corrected chi connectivity index (χ3v) is 6.98. The van der Waals surface area contributed by atoms with Crippen LogP contribution in [-0.4, -0.2) is 39.4 Å². The van der Waals surface area contributed by atoms with Crippen LogP contribution in [0.25, 0.3) is 0 Å². The van der Waals surface area contributed by atoms with Gasteiger partial charge >= 0.3 is 5.97 Å². The number of halogens is 1. The summed E-state index contributed by atoms with van der Waals surface area (Å²) in [6.07, 6.45) is 12.5. The fraction of sp³-hybridized carbons (Fsp3) is 0.667. The van der Waals surface area contributed by atoms with Gasteiger partial charge in [-0.3, -0.25) is 0 Å². The van der Waals surface area contributed by atoms with Crippen molar-refractivity contribution in [1.82, 2.24) is 0 Å². The molecule has 4 atom stereocenters. The summed E-state index contributed by atoms with van der Waals surface area (Å²) in [5, 5.41) is 28.1. The summed E-state index contributed by atoms with van der Waals surface area (Å²) in [5.74, 6) is -0.485.